The number of carbonyl (C=O) groups is 1. The molecular formula is C15H22N2O2. The Morgan fingerprint density at radius 3 is 2.74 bits per heavy atom. The molecule has 1 saturated heterocycles. The van der Waals surface area contributed by atoms with Crippen molar-refractivity contribution in [2.75, 3.05) is 13.1 Å². The summed E-state index contributed by atoms with van der Waals surface area (Å²) in [5.74, 6) is -0.727. The van der Waals surface area contributed by atoms with E-state index in [-0.39, 0.29) is 12.5 Å². The fourth-order valence-electron chi connectivity index (χ4n) is 2.56. The Kier molecular flexibility index (Phi) is 4.56. The van der Waals surface area contributed by atoms with Crippen LogP contribution in [0.4, 0.5) is 0 Å². The van der Waals surface area contributed by atoms with Crippen LogP contribution in [0.25, 0.3) is 0 Å². The number of nitrogens with one attached hydrogen (secondary N) is 1. The van der Waals surface area contributed by atoms with Crippen molar-refractivity contribution in [3.63, 3.8) is 0 Å². The van der Waals surface area contributed by atoms with Gasteiger partial charge in [0.05, 0.1) is 6.42 Å². The zero-order valence-corrected chi connectivity index (χ0v) is 11.6. The van der Waals surface area contributed by atoms with Crippen LogP contribution in [0.1, 0.15) is 24.5 Å². The Hall–Kier alpha value is -1.39. The van der Waals surface area contributed by atoms with Crippen molar-refractivity contribution in [1.29, 1.82) is 0 Å². The summed E-state index contributed by atoms with van der Waals surface area (Å²) in [5, 5.41) is 12.4. The first kappa shape index (κ1) is 14.0. The highest BCUT2D eigenvalue weighted by atomic mass is 16.4. The van der Waals surface area contributed by atoms with Crippen molar-refractivity contribution in [2.45, 2.75) is 38.9 Å². The summed E-state index contributed by atoms with van der Waals surface area (Å²) in [7, 11) is 0. The molecule has 2 rings (SSSR count). The fraction of sp³-hybridized carbons (Fsp3) is 0.533. The van der Waals surface area contributed by atoms with Gasteiger partial charge in [0.2, 0.25) is 0 Å². The molecule has 4 nitrogen and oxygen atoms in total. The zero-order chi connectivity index (χ0) is 13.8. The summed E-state index contributed by atoms with van der Waals surface area (Å²) in [6.07, 6.45) is 0.200. The standard InChI is InChI=1S/C15H22N2O2/c1-11-3-5-13(6-4-11)10-17-9-12(2)16-8-14(17)7-15(18)19/h3-6,12,14,16H,7-10H2,1-2H3,(H,18,19). The first-order valence-electron chi connectivity index (χ1n) is 6.79. The molecule has 1 heterocycles. The number of carboxylic acids is 1. The molecule has 0 amide bonds. The van der Waals surface area contributed by atoms with Crippen molar-refractivity contribution in [3.05, 3.63) is 35.4 Å². The minimum Gasteiger partial charge on any atom is -0.481 e. The molecule has 2 atom stereocenters. The largest absolute Gasteiger partial charge is 0.481 e. The minimum absolute atomic E-state index is 0.0787. The van der Waals surface area contributed by atoms with Gasteiger partial charge in [0.15, 0.2) is 0 Å². The van der Waals surface area contributed by atoms with Gasteiger partial charge >= 0.3 is 5.97 Å². The van der Waals surface area contributed by atoms with Gasteiger partial charge in [0, 0.05) is 31.7 Å². The van der Waals surface area contributed by atoms with E-state index in [1.54, 1.807) is 0 Å². The lowest BCUT2D eigenvalue weighted by molar-refractivity contribution is -0.138. The van der Waals surface area contributed by atoms with Gasteiger partial charge in [-0.15, -0.1) is 0 Å². The highest BCUT2D eigenvalue weighted by Gasteiger charge is 2.27. The van der Waals surface area contributed by atoms with E-state index >= 15 is 0 Å². The molecule has 0 aromatic heterocycles. The lowest BCUT2D eigenvalue weighted by Crippen LogP contribution is -2.55. The molecule has 2 unspecified atom stereocenters. The summed E-state index contributed by atoms with van der Waals surface area (Å²) in [5.41, 5.74) is 2.50. The predicted molar refractivity (Wildman–Crippen MR) is 75.1 cm³/mol. The lowest BCUT2D eigenvalue weighted by Gasteiger charge is -2.38. The first-order valence-corrected chi connectivity index (χ1v) is 6.79. The summed E-state index contributed by atoms with van der Waals surface area (Å²) in [4.78, 5) is 13.2. The van der Waals surface area contributed by atoms with Crippen LogP contribution in [0, 0.1) is 6.92 Å². The van der Waals surface area contributed by atoms with E-state index in [2.05, 4.69) is 48.3 Å². The number of carboxylic acid groups (broad SMARTS) is 1. The van der Waals surface area contributed by atoms with Crippen LogP contribution in [-0.2, 0) is 11.3 Å². The molecule has 4 heteroatoms. The average molecular weight is 262 g/mol. The third kappa shape index (κ3) is 4.04. The molecule has 19 heavy (non-hydrogen) atoms. The lowest BCUT2D eigenvalue weighted by atomic mass is 10.0. The smallest absolute Gasteiger partial charge is 0.304 e. The third-order valence-electron chi connectivity index (χ3n) is 3.64. The molecule has 1 aliphatic rings. The Labute approximate surface area is 114 Å². The fourth-order valence-corrected chi connectivity index (χ4v) is 2.56. The van der Waals surface area contributed by atoms with Crippen LogP contribution in [0.15, 0.2) is 24.3 Å². The van der Waals surface area contributed by atoms with Gasteiger partial charge < -0.3 is 10.4 Å². The van der Waals surface area contributed by atoms with Crippen molar-refractivity contribution in [1.82, 2.24) is 10.2 Å². The molecule has 0 bridgehead atoms. The second-order valence-electron chi connectivity index (χ2n) is 5.48. The van der Waals surface area contributed by atoms with Crippen molar-refractivity contribution in [3.8, 4) is 0 Å². The molecule has 0 spiro atoms. The van der Waals surface area contributed by atoms with Gasteiger partial charge in [-0.3, -0.25) is 9.69 Å². The van der Waals surface area contributed by atoms with Crippen LogP contribution in [0.2, 0.25) is 0 Å². The van der Waals surface area contributed by atoms with E-state index in [4.69, 9.17) is 5.11 Å². The van der Waals surface area contributed by atoms with Gasteiger partial charge in [0.25, 0.3) is 0 Å². The normalized spacial score (nSPS) is 24.3. The second kappa shape index (κ2) is 6.17. The monoisotopic (exact) mass is 262 g/mol. The summed E-state index contributed by atoms with van der Waals surface area (Å²) in [6.45, 7) is 6.68. The van der Waals surface area contributed by atoms with Crippen molar-refractivity contribution >= 4 is 5.97 Å². The van der Waals surface area contributed by atoms with Crippen LogP contribution < -0.4 is 5.32 Å². The molecule has 0 aliphatic carbocycles. The molecular weight excluding hydrogens is 240 g/mol. The zero-order valence-electron chi connectivity index (χ0n) is 11.6. The van der Waals surface area contributed by atoms with Crippen LogP contribution in [-0.4, -0.2) is 41.1 Å². The maximum Gasteiger partial charge on any atom is 0.304 e. The molecule has 1 fully saturated rings. The minimum atomic E-state index is -0.727. The van der Waals surface area contributed by atoms with E-state index in [9.17, 15) is 4.79 Å². The van der Waals surface area contributed by atoms with E-state index in [0.29, 0.717) is 6.04 Å². The van der Waals surface area contributed by atoms with Crippen LogP contribution in [0.5, 0.6) is 0 Å². The van der Waals surface area contributed by atoms with Gasteiger partial charge in [0.1, 0.15) is 0 Å². The topological polar surface area (TPSA) is 52.6 Å². The van der Waals surface area contributed by atoms with Gasteiger partial charge in [-0.25, -0.2) is 0 Å². The van der Waals surface area contributed by atoms with Crippen molar-refractivity contribution in [2.24, 2.45) is 0 Å². The number of nitrogens with zero attached hydrogens (tertiary/aromatic N) is 1. The number of aliphatic carboxylic acids is 1. The van der Waals surface area contributed by atoms with Crippen LogP contribution in [0.3, 0.4) is 0 Å². The molecule has 2 N–H and O–H groups in total. The first-order chi connectivity index (χ1) is 9.04. The number of hydrogen-bond donors (Lipinski definition) is 2. The number of benzene rings is 1. The van der Waals surface area contributed by atoms with Gasteiger partial charge in [-0.1, -0.05) is 29.8 Å². The quantitative estimate of drug-likeness (QED) is 0.866. The number of hydrogen-bond acceptors (Lipinski definition) is 3. The van der Waals surface area contributed by atoms with Gasteiger partial charge in [-0.05, 0) is 19.4 Å². The second-order valence-corrected chi connectivity index (χ2v) is 5.48. The number of piperazine rings is 1. The predicted octanol–water partition coefficient (Wildman–Crippen LogP) is 1.63. The Morgan fingerprint density at radius 2 is 2.11 bits per heavy atom. The van der Waals surface area contributed by atoms with Gasteiger partial charge in [-0.2, -0.15) is 0 Å². The highest BCUT2D eigenvalue weighted by molar-refractivity contribution is 5.67. The number of aryl methyl sites for hydroxylation is 1. The maximum atomic E-state index is 10.9. The molecule has 0 radical (unpaired) electrons. The van der Waals surface area contributed by atoms with Crippen LogP contribution >= 0.6 is 0 Å². The molecule has 0 saturated carbocycles. The molecule has 1 aromatic carbocycles. The summed E-state index contributed by atoms with van der Waals surface area (Å²) >= 11 is 0. The Bertz CT molecular complexity index is 430. The molecule has 104 valence electrons. The maximum absolute atomic E-state index is 10.9. The molecule has 1 aliphatic heterocycles. The summed E-state index contributed by atoms with van der Waals surface area (Å²) in [6, 6.07) is 8.95. The van der Waals surface area contributed by atoms with E-state index in [0.717, 1.165) is 19.6 Å². The Morgan fingerprint density at radius 1 is 1.42 bits per heavy atom. The molecule has 1 aromatic rings. The number of rotatable bonds is 4. The highest BCUT2D eigenvalue weighted by Crippen LogP contribution is 2.15. The SMILES string of the molecule is Cc1ccc(CN2CC(C)NCC2CC(=O)O)cc1. The van der Waals surface area contributed by atoms with E-state index in [1.807, 2.05) is 0 Å². The third-order valence-corrected chi connectivity index (χ3v) is 3.64. The Balaban J connectivity index is 2.04. The van der Waals surface area contributed by atoms with E-state index in [1.165, 1.54) is 11.1 Å². The van der Waals surface area contributed by atoms with E-state index < -0.39 is 5.97 Å². The average Bonchev–Trinajstić information content (AvgIpc) is 2.35. The summed E-state index contributed by atoms with van der Waals surface area (Å²) < 4.78 is 0. The van der Waals surface area contributed by atoms with Crippen molar-refractivity contribution < 1.29 is 9.90 Å².